The highest BCUT2D eigenvalue weighted by molar-refractivity contribution is 5.41. The maximum Gasteiger partial charge on any atom is 0.128 e. The average molecular weight is 240 g/mol. The Hall–Kier alpha value is -1.17. The van der Waals surface area contributed by atoms with E-state index < -0.39 is 0 Å². The minimum absolute atomic E-state index is 0.00279. The van der Waals surface area contributed by atoms with Gasteiger partial charge in [0.1, 0.15) is 5.82 Å². The number of methoxy groups -OCH3 is 1. The normalized spacial score (nSPS) is 10.6. The molecule has 5 nitrogen and oxygen atoms in total. The molecule has 96 valence electrons. The molecule has 2 N–H and O–H groups in total. The van der Waals surface area contributed by atoms with Crippen molar-refractivity contribution >= 4 is 5.82 Å². The first-order valence-electron chi connectivity index (χ1n) is 5.65. The molecule has 0 aliphatic rings. The SMILES string of the molecule is COCCN(CCO)c1ccc(CO)c(C)n1. The van der Waals surface area contributed by atoms with Gasteiger partial charge in [0.05, 0.1) is 19.8 Å². The van der Waals surface area contributed by atoms with E-state index in [-0.39, 0.29) is 13.2 Å². The van der Waals surface area contributed by atoms with Crippen molar-refractivity contribution in [1.29, 1.82) is 0 Å². The Labute approximate surface area is 102 Å². The van der Waals surface area contributed by atoms with E-state index in [0.29, 0.717) is 19.7 Å². The zero-order chi connectivity index (χ0) is 12.7. The van der Waals surface area contributed by atoms with Crippen LogP contribution >= 0.6 is 0 Å². The molecule has 1 aromatic rings. The van der Waals surface area contributed by atoms with Gasteiger partial charge in [-0.05, 0) is 18.6 Å². The van der Waals surface area contributed by atoms with E-state index in [2.05, 4.69) is 4.98 Å². The summed E-state index contributed by atoms with van der Waals surface area (Å²) in [5, 5.41) is 18.1. The van der Waals surface area contributed by atoms with Crippen molar-refractivity contribution in [2.75, 3.05) is 38.3 Å². The van der Waals surface area contributed by atoms with Crippen LogP contribution in [0, 0.1) is 6.92 Å². The highest BCUT2D eigenvalue weighted by atomic mass is 16.5. The summed E-state index contributed by atoms with van der Waals surface area (Å²) in [6, 6.07) is 3.71. The maximum atomic E-state index is 9.08. The second kappa shape index (κ2) is 7.21. The lowest BCUT2D eigenvalue weighted by molar-refractivity contribution is 0.202. The third-order valence-electron chi connectivity index (χ3n) is 2.61. The highest BCUT2D eigenvalue weighted by Gasteiger charge is 2.08. The minimum Gasteiger partial charge on any atom is -0.395 e. The van der Waals surface area contributed by atoms with Gasteiger partial charge >= 0.3 is 0 Å². The van der Waals surface area contributed by atoms with Gasteiger partial charge in [0.2, 0.25) is 0 Å². The van der Waals surface area contributed by atoms with Crippen molar-refractivity contribution in [1.82, 2.24) is 4.98 Å². The summed E-state index contributed by atoms with van der Waals surface area (Å²) in [6.45, 7) is 3.73. The summed E-state index contributed by atoms with van der Waals surface area (Å²) < 4.78 is 5.02. The number of aliphatic hydroxyl groups excluding tert-OH is 2. The molecule has 5 heteroatoms. The number of rotatable bonds is 7. The van der Waals surface area contributed by atoms with Crippen LogP contribution in [0.5, 0.6) is 0 Å². The lowest BCUT2D eigenvalue weighted by Gasteiger charge is -2.23. The summed E-state index contributed by atoms with van der Waals surface area (Å²) in [5.41, 5.74) is 1.63. The molecule has 0 fully saturated rings. The van der Waals surface area contributed by atoms with Crippen molar-refractivity contribution in [2.45, 2.75) is 13.5 Å². The fourth-order valence-electron chi connectivity index (χ4n) is 1.58. The first-order valence-corrected chi connectivity index (χ1v) is 5.65. The van der Waals surface area contributed by atoms with Crippen LogP contribution in [0.2, 0.25) is 0 Å². The average Bonchev–Trinajstić information content (AvgIpc) is 2.34. The van der Waals surface area contributed by atoms with Crippen molar-refractivity contribution in [3.05, 3.63) is 23.4 Å². The molecule has 0 saturated heterocycles. The van der Waals surface area contributed by atoms with Crippen LogP contribution in [-0.4, -0.2) is 48.6 Å². The topological polar surface area (TPSA) is 65.8 Å². The van der Waals surface area contributed by atoms with Gasteiger partial charge in [-0.15, -0.1) is 0 Å². The highest BCUT2D eigenvalue weighted by Crippen LogP contribution is 2.14. The number of hydrogen-bond acceptors (Lipinski definition) is 5. The summed E-state index contributed by atoms with van der Waals surface area (Å²) in [4.78, 5) is 6.37. The Morgan fingerprint density at radius 2 is 2.06 bits per heavy atom. The largest absolute Gasteiger partial charge is 0.395 e. The Bertz CT molecular complexity index is 345. The third kappa shape index (κ3) is 3.96. The lowest BCUT2D eigenvalue weighted by atomic mass is 10.2. The smallest absolute Gasteiger partial charge is 0.128 e. The molecule has 0 spiro atoms. The van der Waals surface area contributed by atoms with Gasteiger partial charge in [0, 0.05) is 25.9 Å². The predicted octanol–water partition coefficient (Wildman–Crippen LogP) is 0.327. The van der Waals surface area contributed by atoms with Crippen LogP contribution in [0.25, 0.3) is 0 Å². The van der Waals surface area contributed by atoms with Crippen molar-refractivity contribution < 1.29 is 14.9 Å². The molecule has 0 saturated carbocycles. The number of ether oxygens (including phenoxy) is 1. The zero-order valence-electron chi connectivity index (χ0n) is 10.4. The molecule has 1 aromatic heterocycles. The van der Waals surface area contributed by atoms with Crippen molar-refractivity contribution in [2.24, 2.45) is 0 Å². The molecular weight excluding hydrogens is 220 g/mol. The molecule has 0 aromatic carbocycles. The monoisotopic (exact) mass is 240 g/mol. The zero-order valence-corrected chi connectivity index (χ0v) is 10.4. The van der Waals surface area contributed by atoms with Gasteiger partial charge in [-0.1, -0.05) is 6.07 Å². The number of nitrogens with zero attached hydrogens (tertiary/aromatic N) is 2. The van der Waals surface area contributed by atoms with Crippen molar-refractivity contribution in [3.63, 3.8) is 0 Å². The van der Waals surface area contributed by atoms with Gasteiger partial charge in [-0.25, -0.2) is 4.98 Å². The van der Waals surface area contributed by atoms with Crippen LogP contribution in [0.4, 0.5) is 5.82 Å². The molecule has 0 amide bonds. The van der Waals surface area contributed by atoms with Gasteiger partial charge in [0.25, 0.3) is 0 Å². The second-order valence-corrected chi connectivity index (χ2v) is 3.78. The number of aryl methyl sites for hydroxylation is 1. The molecule has 1 rings (SSSR count). The lowest BCUT2D eigenvalue weighted by Crippen LogP contribution is -2.31. The molecule has 0 aliphatic carbocycles. The summed E-state index contributed by atoms with van der Waals surface area (Å²) in [6.07, 6.45) is 0. The number of anilines is 1. The van der Waals surface area contributed by atoms with Crippen LogP contribution in [-0.2, 0) is 11.3 Å². The fourth-order valence-corrected chi connectivity index (χ4v) is 1.58. The van der Waals surface area contributed by atoms with Gasteiger partial charge in [-0.2, -0.15) is 0 Å². The summed E-state index contributed by atoms with van der Waals surface area (Å²) in [7, 11) is 1.64. The van der Waals surface area contributed by atoms with Gasteiger partial charge < -0.3 is 19.8 Å². The standard InChI is InChI=1S/C12H20N2O3/c1-10-11(9-16)3-4-12(13-10)14(5-7-15)6-8-17-2/h3-4,15-16H,5-9H2,1-2H3. The number of hydrogen-bond donors (Lipinski definition) is 2. The Balaban J connectivity index is 2.82. The molecule has 17 heavy (non-hydrogen) atoms. The summed E-state index contributed by atoms with van der Waals surface area (Å²) in [5.74, 6) is 0.797. The molecule has 0 atom stereocenters. The van der Waals surface area contributed by atoms with Crippen LogP contribution in [0.1, 0.15) is 11.3 Å². The van der Waals surface area contributed by atoms with E-state index in [0.717, 1.165) is 17.1 Å². The van der Waals surface area contributed by atoms with Crippen molar-refractivity contribution in [3.8, 4) is 0 Å². The first kappa shape index (κ1) is 13.9. The first-order chi connectivity index (χ1) is 8.22. The van der Waals surface area contributed by atoms with Crippen LogP contribution < -0.4 is 4.90 Å². The van der Waals surface area contributed by atoms with E-state index in [1.807, 2.05) is 24.0 Å². The molecule has 1 heterocycles. The number of aromatic nitrogens is 1. The fraction of sp³-hybridized carbons (Fsp3) is 0.583. The molecular formula is C12H20N2O3. The molecule has 0 unspecified atom stereocenters. The summed E-state index contributed by atoms with van der Waals surface area (Å²) >= 11 is 0. The molecule has 0 aliphatic heterocycles. The van der Waals surface area contributed by atoms with Crippen LogP contribution in [0.3, 0.4) is 0 Å². The number of aliphatic hydroxyl groups is 2. The van der Waals surface area contributed by atoms with E-state index >= 15 is 0 Å². The van der Waals surface area contributed by atoms with Gasteiger partial charge in [0.15, 0.2) is 0 Å². The van der Waals surface area contributed by atoms with Crippen LogP contribution in [0.15, 0.2) is 12.1 Å². The van der Waals surface area contributed by atoms with E-state index in [1.165, 1.54) is 0 Å². The van der Waals surface area contributed by atoms with E-state index in [1.54, 1.807) is 7.11 Å². The van der Waals surface area contributed by atoms with Gasteiger partial charge in [-0.3, -0.25) is 0 Å². The third-order valence-corrected chi connectivity index (χ3v) is 2.61. The quantitative estimate of drug-likeness (QED) is 0.719. The predicted molar refractivity (Wildman–Crippen MR) is 66.1 cm³/mol. The Morgan fingerprint density at radius 1 is 1.29 bits per heavy atom. The Kier molecular flexibility index (Phi) is 5.90. The number of pyridine rings is 1. The molecule has 0 radical (unpaired) electrons. The maximum absolute atomic E-state index is 9.08. The van der Waals surface area contributed by atoms with E-state index in [9.17, 15) is 0 Å². The molecule has 0 bridgehead atoms. The second-order valence-electron chi connectivity index (χ2n) is 3.78. The van der Waals surface area contributed by atoms with E-state index in [4.69, 9.17) is 14.9 Å². The Morgan fingerprint density at radius 3 is 2.59 bits per heavy atom. The minimum atomic E-state index is -0.00279.